The van der Waals surface area contributed by atoms with Crippen LogP contribution in [-0.4, -0.2) is 59.7 Å². The maximum Gasteiger partial charge on any atom is 0.251 e. The molecule has 0 radical (unpaired) electrons. The molecule has 0 aromatic heterocycles. The summed E-state index contributed by atoms with van der Waals surface area (Å²) >= 11 is 0. The van der Waals surface area contributed by atoms with Crippen molar-refractivity contribution >= 4 is 17.7 Å². The van der Waals surface area contributed by atoms with Crippen molar-refractivity contribution in [1.82, 2.24) is 15.1 Å². The smallest absolute Gasteiger partial charge is 0.251 e. The summed E-state index contributed by atoms with van der Waals surface area (Å²) in [7, 11) is 0. The maximum atomic E-state index is 13.2. The lowest BCUT2D eigenvalue weighted by molar-refractivity contribution is -0.141. The molecule has 29 heavy (non-hydrogen) atoms. The molecule has 1 aromatic carbocycles. The highest BCUT2D eigenvalue weighted by molar-refractivity contribution is 5.97. The van der Waals surface area contributed by atoms with Gasteiger partial charge in [0.15, 0.2) is 0 Å². The van der Waals surface area contributed by atoms with Gasteiger partial charge in [-0.3, -0.25) is 14.4 Å². The molecule has 2 heterocycles. The Morgan fingerprint density at radius 3 is 2.21 bits per heavy atom. The Labute approximate surface area is 173 Å². The van der Waals surface area contributed by atoms with Crippen molar-refractivity contribution in [3.8, 4) is 0 Å². The highest BCUT2D eigenvalue weighted by Crippen LogP contribution is 2.23. The van der Waals surface area contributed by atoms with Gasteiger partial charge in [0.2, 0.25) is 11.8 Å². The first-order valence-corrected chi connectivity index (χ1v) is 10.9. The van der Waals surface area contributed by atoms with Crippen molar-refractivity contribution in [3.63, 3.8) is 0 Å². The minimum atomic E-state index is -0.543. The Morgan fingerprint density at radius 1 is 1.00 bits per heavy atom. The van der Waals surface area contributed by atoms with Crippen LogP contribution in [0.25, 0.3) is 0 Å². The van der Waals surface area contributed by atoms with E-state index in [0.717, 1.165) is 32.4 Å². The Morgan fingerprint density at radius 2 is 1.62 bits per heavy atom. The summed E-state index contributed by atoms with van der Waals surface area (Å²) in [5, 5.41) is 2.95. The van der Waals surface area contributed by atoms with E-state index in [2.05, 4.69) is 5.32 Å². The highest BCUT2D eigenvalue weighted by atomic mass is 16.2. The lowest BCUT2D eigenvalue weighted by Crippen LogP contribution is -2.54. The molecule has 6 nitrogen and oxygen atoms in total. The fourth-order valence-electron chi connectivity index (χ4n) is 4.24. The molecule has 1 aromatic rings. The topological polar surface area (TPSA) is 69.7 Å². The third-order valence-corrected chi connectivity index (χ3v) is 6.38. The van der Waals surface area contributed by atoms with Crippen molar-refractivity contribution in [1.29, 1.82) is 0 Å². The molecule has 158 valence electrons. The van der Waals surface area contributed by atoms with Gasteiger partial charge in [-0.2, -0.15) is 0 Å². The fraction of sp³-hybridized carbons (Fsp3) is 0.609. The van der Waals surface area contributed by atoms with Crippen molar-refractivity contribution in [3.05, 3.63) is 35.9 Å². The van der Waals surface area contributed by atoms with E-state index in [-0.39, 0.29) is 29.6 Å². The van der Waals surface area contributed by atoms with E-state index in [1.165, 1.54) is 0 Å². The summed E-state index contributed by atoms with van der Waals surface area (Å²) in [5.41, 5.74) is 0.559. The van der Waals surface area contributed by atoms with Crippen LogP contribution >= 0.6 is 0 Å². The molecule has 2 aliphatic heterocycles. The summed E-state index contributed by atoms with van der Waals surface area (Å²) in [6.07, 6.45) is 4.42. The molecule has 0 aliphatic carbocycles. The summed E-state index contributed by atoms with van der Waals surface area (Å²) in [4.78, 5) is 42.3. The Hall–Kier alpha value is -2.37. The average molecular weight is 400 g/mol. The summed E-state index contributed by atoms with van der Waals surface area (Å²) in [6.45, 7) is 6.94. The van der Waals surface area contributed by atoms with Crippen LogP contribution in [0.5, 0.6) is 0 Å². The molecule has 3 amide bonds. The molecule has 0 saturated carbocycles. The number of likely N-dealkylation sites (tertiary alicyclic amines) is 2. The molecular weight excluding hydrogens is 366 g/mol. The number of hydrogen-bond acceptors (Lipinski definition) is 3. The number of amides is 3. The van der Waals surface area contributed by atoms with Crippen molar-refractivity contribution < 1.29 is 14.4 Å². The first-order chi connectivity index (χ1) is 14.0. The highest BCUT2D eigenvalue weighted by Gasteiger charge is 2.35. The summed E-state index contributed by atoms with van der Waals surface area (Å²) in [5.74, 6) is 0.0710. The van der Waals surface area contributed by atoms with E-state index < -0.39 is 6.04 Å². The maximum absolute atomic E-state index is 13.2. The molecule has 2 atom stereocenters. The van der Waals surface area contributed by atoms with Gasteiger partial charge < -0.3 is 15.1 Å². The molecule has 0 bridgehead atoms. The monoisotopic (exact) mass is 399 g/mol. The SMILES string of the molecule is CC[C@@H](C)[C@@H](NC(=O)c1ccccc1)C(=O)N1CCC(C(=O)N2CCCC2)CC1. The normalized spacial score (nSPS) is 19.7. The van der Waals surface area contributed by atoms with Gasteiger partial charge in [-0.05, 0) is 43.7 Å². The minimum absolute atomic E-state index is 0.0260. The van der Waals surface area contributed by atoms with E-state index in [4.69, 9.17) is 0 Å². The molecular formula is C23H33N3O3. The average Bonchev–Trinajstić information content (AvgIpc) is 3.31. The molecule has 2 fully saturated rings. The predicted octanol–water partition coefficient (Wildman–Crippen LogP) is 2.69. The molecule has 2 aliphatic rings. The third-order valence-electron chi connectivity index (χ3n) is 6.38. The van der Waals surface area contributed by atoms with Crippen LogP contribution in [0.2, 0.25) is 0 Å². The molecule has 6 heteroatoms. The number of carbonyl (C=O) groups excluding carboxylic acids is 3. The Bertz CT molecular complexity index is 707. The number of piperidine rings is 1. The molecule has 0 unspecified atom stereocenters. The first kappa shape index (κ1) is 21.3. The van der Waals surface area contributed by atoms with Crippen LogP contribution in [0.1, 0.15) is 56.3 Å². The van der Waals surface area contributed by atoms with Gasteiger partial charge in [0.1, 0.15) is 6.04 Å². The summed E-state index contributed by atoms with van der Waals surface area (Å²) < 4.78 is 0. The Kier molecular flexibility index (Phi) is 7.29. The minimum Gasteiger partial charge on any atom is -0.342 e. The van der Waals surface area contributed by atoms with Gasteiger partial charge in [0.05, 0.1) is 0 Å². The number of carbonyl (C=O) groups is 3. The quantitative estimate of drug-likeness (QED) is 0.800. The van der Waals surface area contributed by atoms with Crippen molar-refractivity contribution in [2.24, 2.45) is 11.8 Å². The lowest BCUT2D eigenvalue weighted by atomic mass is 9.92. The van der Waals surface area contributed by atoms with E-state index in [0.29, 0.717) is 31.5 Å². The Balaban J connectivity index is 1.60. The van der Waals surface area contributed by atoms with E-state index in [1.54, 1.807) is 12.1 Å². The second kappa shape index (κ2) is 9.90. The van der Waals surface area contributed by atoms with Crippen molar-refractivity contribution in [2.75, 3.05) is 26.2 Å². The van der Waals surface area contributed by atoms with E-state index in [9.17, 15) is 14.4 Å². The van der Waals surface area contributed by atoms with Crippen molar-refractivity contribution in [2.45, 2.75) is 52.0 Å². The second-order valence-corrected chi connectivity index (χ2v) is 8.33. The molecule has 3 rings (SSSR count). The zero-order valence-electron chi connectivity index (χ0n) is 17.6. The number of rotatable bonds is 6. The van der Waals surface area contributed by atoms with Gasteiger partial charge in [-0.25, -0.2) is 0 Å². The van der Waals surface area contributed by atoms with E-state index >= 15 is 0 Å². The molecule has 2 saturated heterocycles. The lowest BCUT2D eigenvalue weighted by Gasteiger charge is -2.36. The number of benzene rings is 1. The largest absolute Gasteiger partial charge is 0.342 e. The van der Waals surface area contributed by atoms with Crippen LogP contribution in [0, 0.1) is 11.8 Å². The first-order valence-electron chi connectivity index (χ1n) is 10.9. The van der Waals surface area contributed by atoms with Crippen LogP contribution in [0.4, 0.5) is 0 Å². The molecule has 0 spiro atoms. The zero-order chi connectivity index (χ0) is 20.8. The fourth-order valence-corrected chi connectivity index (χ4v) is 4.24. The third kappa shape index (κ3) is 5.17. The van der Waals surface area contributed by atoms with Crippen LogP contribution < -0.4 is 5.32 Å². The van der Waals surface area contributed by atoms with Gasteiger partial charge in [0.25, 0.3) is 5.91 Å². The summed E-state index contributed by atoms with van der Waals surface area (Å²) in [6, 6.07) is 8.46. The zero-order valence-corrected chi connectivity index (χ0v) is 17.6. The van der Waals surface area contributed by atoms with Gasteiger partial charge in [-0.1, -0.05) is 38.5 Å². The van der Waals surface area contributed by atoms with Gasteiger partial charge >= 0.3 is 0 Å². The predicted molar refractivity (Wildman–Crippen MR) is 112 cm³/mol. The van der Waals surface area contributed by atoms with Gasteiger partial charge in [0, 0.05) is 37.7 Å². The number of hydrogen-bond donors (Lipinski definition) is 1. The van der Waals surface area contributed by atoms with Crippen LogP contribution in [0.3, 0.4) is 0 Å². The van der Waals surface area contributed by atoms with E-state index in [1.807, 2.05) is 41.8 Å². The number of nitrogens with zero attached hydrogens (tertiary/aromatic N) is 2. The second-order valence-electron chi connectivity index (χ2n) is 8.33. The van der Waals surface area contributed by atoms with Gasteiger partial charge in [-0.15, -0.1) is 0 Å². The standard InChI is InChI=1S/C23H33N3O3/c1-3-17(2)20(24-21(27)18-9-5-4-6-10-18)23(29)26-15-11-19(12-16-26)22(28)25-13-7-8-14-25/h4-6,9-10,17,19-20H,3,7-8,11-16H2,1-2H3,(H,24,27)/t17-,20-/m1/s1. The molecule has 1 N–H and O–H groups in total. The number of nitrogens with one attached hydrogen (secondary N) is 1. The van der Waals surface area contributed by atoms with Crippen LogP contribution in [0.15, 0.2) is 30.3 Å². The van der Waals surface area contributed by atoms with Crippen LogP contribution in [-0.2, 0) is 9.59 Å².